The van der Waals surface area contributed by atoms with E-state index in [9.17, 15) is 8.42 Å². The minimum Gasteiger partial charge on any atom is -0.381 e. The monoisotopic (exact) mass is 392 g/mol. The summed E-state index contributed by atoms with van der Waals surface area (Å²) in [6.45, 7) is 3.97. The van der Waals surface area contributed by atoms with Gasteiger partial charge in [0.15, 0.2) is 0 Å². The van der Waals surface area contributed by atoms with Gasteiger partial charge in [-0.05, 0) is 45.1 Å². The van der Waals surface area contributed by atoms with E-state index in [1.165, 1.54) is 12.1 Å². The molecule has 0 amide bonds. The largest absolute Gasteiger partial charge is 0.381 e. The Balaban J connectivity index is 1.76. The summed E-state index contributed by atoms with van der Waals surface area (Å²) in [4.78, 5) is 4.67. The molecule has 2 fully saturated rings. The number of hydrogen-bond acceptors (Lipinski definition) is 6. The maximum Gasteiger partial charge on any atom is 0.240 e. The standard InChI is InChI=1S/C19H28N4O3S/c1-22(2)12-16-13-23(17-6-8-26-9-7-17)14-19(16)21-27(24,25)18-5-3-4-15(10-18)11-20/h3-5,10,16-17,19,21H,6-9,12-14H2,1-2H3/t16-,19-/m1/s1. The lowest BCUT2D eigenvalue weighted by Gasteiger charge is -2.31. The van der Waals surface area contributed by atoms with Gasteiger partial charge in [0.1, 0.15) is 0 Å². The van der Waals surface area contributed by atoms with Gasteiger partial charge in [0.2, 0.25) is 10.0 Å². The van der Waals surface area contributed by atoms with Gasteiger partial charge in [0.05, 0.1) is 16.5 Å². The van der Waals surface area contributed by atoms with Gasteiger partial charge in [0.25, 0.3) is 0 Å². The third kappa shape index (κ3) is 5.06. The van der Waals surface area contributed by atoms with E-state index >= 15 is 0 Å². The number of ether oxygens (including phenoxy) is 1. The summed E-state index contributed by atoms with van der Waals surface area (Å²) in [6, 6.07) is 8.48. The van der Waals surface area contributed by atoms with E-state index in [-0.39, 0.29) is 16.9 Å². The van der Waals surface area contributed by atoms with E-state index in [4.69, 9.17) is 10.00 Å². The molecule has 1 aromatic carbocycles. The van der Waals surface area contributed by atoms with Crippen molar-refractivity contribution in [1.29, 1.82) is 5.26 Å². The fourth-order valence-corrected chi connectivity index (χ4v) is 5.38. The highest BCUT2D eigenvalue weighted by Crippen LogP contribution is 2.26. The zero-order chi connectivity index (χ0) is 19.4. The zero-order valence-corrected chi connectivity index (χ0v) is 16.8. The summed E-state index contributed by atoms with van der Waals surface area (Å²) >= 11 is 0. The fourth-order valence-electron chi connectivity index (χ4n) is 4.04. The Bertz CT molecular complexity index is 784. The average Bonchev–Trinajstić information content (AvgIpc) is 3.03. The second-order valence-electron chi connectivity index (χ2n) is 7.69. The molecule has 2 heterocycles. The molecule has 0 aromatic heterocycles. The highest BCUT2D eigenvalue weighted by Gasteiger charge is 2.38. The van der Waals surface area contributed by atoms with Crippen molar-refractivity contribution in [3.8, 4) is 6.07 Å². The lowest BCUT2D eigenvalue weighted by molar-refractivity contribution is 0.0405. The van der Waals surface area contributed by atoms with Gasteiger partial charge in [-0.25, -0.2) is 13.1 Å². The van der Waals surface area contributed by atoms with Gasteiger partial charge in [-0.1, -0.05) is 6.07 Å². The minimum absolute atomic E-state index is 0.147. The Morgan fingerprint density at radius 2 is 2.04 bits per heavy atom. The molecule has 2 aliphatic rings. The van der Waals surface area contributed by atoms with Crippen LogP contribution in [0.4, 0.5) is 0 Å². The van der Waals surface area contributed by atoms with Crippen molar-refractivity contribution < 1.29 is 13.2 Å². The molecule has 7 nitrogen and oxygen atoms in total. The Labute approximate surface area is 162 Å². The smallest absolute Gasteiger partial charge is 0.240 e. The molecule has 8 heteroatoms. The van der Waals surface area contributed by atoms with Crippen molar-refractivity contribution >= 4 is 10.0 Å². The van der Waals surface area contributed by atoms with Crippen LogP contribution in [-0.4, -0.2) is 77.2 Å². The van der Waals surface area contributed by atoms with Gasteiger partial charge in [0, 0.05) is 50.8 Å². The number of benzene rings is 1. The van der Waals surface area contributed by atoms with E-state index in [0.29, 0.717) is 18.2 Å². The van der Waals surface area contributed by atoms with Crippen LogP contribution in [0.15, 0.2) is 29.2 Å². The van der Waals surface area contributed by atoms with Gasteiger partial charge in [-0.2, -0.15) is 5.26 Å². The second kappa shape index (κ2) is 8.67. The Morgan fingerprint density at radius 3 is 2.70 bits per heavy atom. The Kier molecular flexibility index (Phi) is 6.50. The molecule has 1 aromatic rings. The Hall–Kier alpha value is -1.50. The normalized spacial score (nSPS) is 25.0. The van der Waals surface area contributed by atoms with Crippen molar-refractivity contribution in [3.63, 3.8) is 0 Å². The number of rotatable bonds is 6. The predicted octanol–water partition coefficient (Wildman–Crippen LogP) is 0.878. The first-order valence-electron chi connectivity index (χ1n) is 9.38. The highest BCUT2D eigenvalue weighted by molar-refractivity contribution is 7.89. The third-order valence-corrected chi connectivity index (χ3v) is 6.84. The van der Waals surface area contributed by atoms with Gasteiger partial charge in [-0.3, -0.25) is 4.90 Å². The quantitative estimate of drug-likeness (QED) is 0.773. The molecule has 2 aliphatic heterocycles. The first kappa shape index (κ1) is 20.2. The summed E-state index contributed by atoms with van der Waals surface area (Å²) in [6.07, 6.45) is 2.00. The number of nitriles is 1. The van der Waals surface area contributed by atoms with Crippen LogP contribution in [0.5, 0.6) is 0 Å². The summed E-state index contributed by atoms with van der Waals surface area (Å²) in [5, 5.41) is 9.04. The topological polar surface area (TPSA) is 85.7 Å². The molecule has 0 unspecified atom stereocenters. The number of nitrogens with zero attached hydrogens (tertiary/aromatic N) is 3. The first-order valence-corrected chi connectivity index (χ1v) is 10.9. The maximum absolute atomic E-state index is 12.9. The van der Waals surface area contributed by atoms with Crippen LogP contribution in [-0.2, 0) is 14.8 Å². The number of hydrogen-bond donors (Lipinski definition) is 1. The molecule has 0 bridgehead atoms. The van der Waals surface area contributed by atoms with Crippen molar-refractivity contribution in [2.75, 3.05) is 46.9 Å². The molecule has 148 valence electrons. The van der Waals surface area contributed by atoms with Gasteiger partial charge in [-0.15, -0.1) is 0 Å². The molecule has 1 N–H and O–H groups in total. The maximum atomic E-state index is 12.9. The highest BCUT2D eigenvalue weighted by atomic mass is 32.2. The molecule has 0 radical (unpaired) electrons. The van der Waals surface area contributed by atoms with Crippen LogP contribution < -0.4 is 4.72 Å². The Morgan fingerprint density at radius 1 is 1.30 bits per heavy atom. The summed E-state index contributed by atoms with van der Waals surface area (Å²) in [5.41, 5.74) is 0.345. The summed E-state index contributed by atoms with van der Waals surface area (Å²) in [5.74, 6) is 0.219. The van der Waals surface area contributed by atoms with Crippen LogP contribution in [0.25, 0.3) is 0 Å². The zero-order valence-electron chi connectivity index (χ0n) is 16.0. The number of nitrogens with one attached hydrogen (secondary N) is 1. The van der Waals surface area contributed by atoms with Crippen molar-refractivity contribution in [1.82, 2.24) is 14.5 Å². The van der Waals surface area contributed by atoms with E-state index in [1.54, 1.807) is 12.1 Å². The average molecular weight is 393 g/mol. The first-order chi connectivity index (χ1) is 12.9. The van der Waals surface area contributed by atoms with Gasteiger partial charge >= 0.3 is 0 Å². The van der Waals surface area contributed by atoms with Crippen LogP contribution in [0.3, 0.4) is 0 Å². The molecule has 2 atom stereocenters. The molecule has 27 heavy (non-hydrogen) atoms. The van der Waals surface area contributed by atoms with Crippen LogP contribution in [0.2, 0.25) is 0 Å². The molecular weight excluding hydrogens is 364 g/mol. The second-order valence-corrected chi connectivity index (χ2v) is 9.40. The van der Waals surface area contributed by atoms with E-state index < -0.39 is 10.0 Å². The van der Waals surface area contributed by atoms with Crippen LogP contribution in [0.1, 0.15) is 18.4 Å². The van der Waals surface area contributed by atoms with Crippen LogP contribution >= 0.6 is 0 Å². The molecule has 0 aliphatic carbocycles. The predicted molar refractivity (Wildman–Crippen MR) is 103 cm³/mol. The number of likely N-dealkylation sites (tertiary alicyclic amines) is 1. The molecular formula is C19H28N4O3S. The van der Waals surface area contributed by atoms with Crippen molar-refractivity contribution in [3.05, 3.63) is 29.8 Å². The number of sulfonamides is 1. The molecule has 2 saturated heterocycles. The fraction of sp³-hybridized carbons (Fsp3) is 0.632. The van der Waals surface area contributed by atoms with Crippen LogP contribution in [0, 0.1) is 17.2 Å². The van der Waals surface area contributed by atoms with Crippen molar-refractivity contribution in [2.24, 2.45) is 5.92 Å². The lowest BCUT2D eigenvalue weighted by Crippen LogP contribution is -2.44. The van der Waals surface area contributed by atoms with E-state index in [1.807, 2.05) is 20.2 Å². The van der Waals surface area contributed by atoms with Crippen molar-refractivity contribution in [2.45, 2.75) is 29.8 Å². The third-order valence-electron chi connectivity index (χ3n) is 5.36. The molecule has 0 saturated carbocycles. The lowest BCUT2D eigenvalue weighted by atomic mass is 10.0. The van der Waals surface area contributed by atoms with E-state index in [2.05, 4.69) is 14.5 Å². The summed E-state index contributed by atoms with van der Waals surface area (Å²) in [7, 11) is 0.356. The molecule has 3 rings (SSSR count). The van der Waals surface area contributed by atoms with Gasteiger partial charge < -0.3 is 9.64 Å². The minimum atomic E-state index is -3.67. The molecule has 0 spiro atoms. The van der Waals surface area contributed by atoms with E-state index in [0.717, 1.165) is 39.1 Å². The summed E-state index contributed by atoms with van der Waals surface area (Å²) < 4.78 is 34.2. The SMILES string of the molecule is CN(C)C[C@@H]1CN(C2CCOCC2)C[C@H]1NS(=O)(=O)c1cccc(C#N)c1.